The van der Waals surface area contributed by atoms with Crippen LogP contribution in [0.2, 0.25) is 0 Å². The SMILES string of the molecule is COC(=O)c1ccccc1OC(=O)CCc1cc2ccccc2oc1=O. The number of para-hydroxylation sites is 2. The zero-order valence-electron chi connectivity index (χ0n) is 14.1. The monoisotopic (exact) mass is 352 g/mol. The van der Waals surface area contributed by atoms with Crippen LogP contribution in [0, 0.1) is 0 Å². The molecule has 0 radical (unpaired) electrons. The molecule has 0 saturated heterocycles. The van der Waals surface area contributed by atoms with Gasteiger partial charge >= 0.3 is 17.6 Å². The molecule has 0 unspecified atom stereocenters. The van der Waals surface area contributed by atoms with E-state index in [4.69, 9.17) is 9.15 Å². The van der Waals surface area contributed by atoms with Crippen LogP contribution in [0.3, 0.4) is 0 Å². The lowest BCUT2D eigenvalue weighted by molar-refractivity contribution is -0.134. The van der Waals surface area contributed by atoms with Gasteiger partial charge < -0.3 is 13.9 Å². The van der Waals surface area contributed by atoms with Gasteiger partial charge in [0.1, 0.15) is 16.9 Å². The molecule has 0 saturated carbocycles. The number of fused-ring (bicyclic) bond motifs is 1. The number of esters is 2. The molecule has 0 aliphatic carbocycles. The Morgan fingerprint density at radius 3 is 2.58 bits per heavy atom. The number of hydrogen-bond acceptors (Lipinski definition) is 6. The van der Waals surface area contributed by atoms with Crippen LogP contribution in [0.25, 0.3) is 11.0 Å². The normalized spacial score (nSPS) is 10.5. The van der Waals surface area contributed by atoms with E-state index in [1.807, 2.05) is 12.1 Å². The molecule has 0 aliphatic rings. The Bertz CT molecular complexity index is 1020. The molecule has 0 bridgehead atoms. The fourth-order valence-electron chi connectivity index (χ4n) is 2.52. The summed E-state index contributed by atoms with van der Waals surface area (Å²) in [6.07, 6.45) is 0.144. The average molecular weight is 352 g/mol. The Balaban J connectivity index is 1.71. The predicted molar refractivity (Wildman–Crippen MR) is 94.2 cm³/mol. The first-order chi connectivity index (χ1) is 12.6. The van der Waals surface area contributed by atoms with Crippen LogP contribution < -0.4 is 10.4 Å². The van der Waals surface area contributed by atoms with Crippen molar-refractivity contribution in [3.63, 3.8) is 0 Å². The van der Waals surface area contributed by atoms with Gasteiger partial charge in [0.2, 0.25) is 0 Å². The molecular formula is C20H16O6. The first kappa shape index (κ1) is 17.4. The molecule has 0 fully saturated rings. The van der Waals surface area contributed by atoms with E-state index < -0.39 is 17.6 Å². The topological polar surface area (TPSA) is 82.8 Å². The van der Waals surface area contributed by atoms with Crippen LogP contribution in [0.4, 0.5) is 0 Å². The number of ether oxygens (including phenoxy) is 2. The van der Waals surface area contributed by atoms with Gasteiger partial charge in [-0.25, -0.2) is 9.59 Å². The lowest BCUT2D eigenvalue weighted by atomic mass is 10.1. The number of methoxy groups -OCH3 is 1. The molecule has 0 atom stereocenters. The highest BCUT2D eigenvalue weighted by molar-refractivity contribution is 5.93. The lowest BCUT2D eigenvalue weighted by Gasteiger charge is -2.08. The van der Waals surface area contributed by atoms with E-state index in [2.05, 4.69) is 4.74 Å². The number of aryl methyl sites for hydroxylation is 1. The first-order valence-electron chi connectivity index (χ1n) is 7.98. The highest BCUT2D eigenvalue weighted by atomic mass is 16.5. The molecule has 0 amide bonds. The Morgan fingerprint density at radius 1 is 1.04 bits per heavy atom. The lowest BCUT2D eigenvalue weighted by Crippen LogP contribution is -2.15. The number of benzene rings is 2. The third kappa shape index (κ3) is 3.80. The van der Waals surface area contributed by atoms with E-state index in [9.17, 15) is 14.4 Å². The van der Waals surface area contributed by atoms with Gasteiger partial charge in [0.15, 0.2) is 0 Å². The quantitative estimate of drug-likeness (QED) is 0.399. The maximum absolute atomic E-state index is 12.1. The molecule has 3 rings (SSSR count). The van der Waals surface area contributed by atoms with E-state index in [0.717, 1.165) is 5.39 Å². The van der Waals surface area contributed by atoms with Crippen LogP contribution in [0.1, 0.15) is 22.3 Å². The van der Waals surface area contributed by atoms with Crippen molar-refractivity contribution in [1.29, 1.82) is 0 Å². The number of carbonyl (C=O) groups excluding carboxylic acids is 2. The van der Waals surface area contributed by atoms with Crippen molar-refractivity contribution in [1.82, 2.24) is 0 Å². The van der Waals surface area contributed by atoms with Crippen molar-refractivity contribution in [2.24, 2.45) is 0 Å². The van der Waals surface area contributed by atoms with Crippen LogP contribution in [0.5, 0.6) is 5.75 Å². The summed E-state index contributed by atoms with van der Waals surface area (Å²) < 4.78 is 15.1. The van der Waals surface area contributed by atoms with E-state index in [0.29, 0.717) is 11.1 Å². The van der Waals surface area contributed by atoms with Gasteiger partial charge in [0.25, 0.3) is 0 Å². The Hall–Kier alpha value is -3.41. The van der Waals surface area contributed by atoms with Crippen LogP contribution in [-0.4, -0.2) is 19.0 Å². The van der Waals surface area contributed by atoms with E-state index in [1.54, 1.807) is 30.3 Å². The number of rotatable bonds is 5. The highest BCUT2D eigenvalue weighted by Gasteiger charge is 2.16. The molecule has 1 heterocycles. The summed E-state index contributed by atoms with van der Waals surface area (Å²) >= 11 is 0. The van der Waals surface area contributed by atoms with Crippen molar-refractivity contribution < 1.29 is 23.5 Å². The van der Waals surface area contributed by atoms with E-state index >= 15 is 0 Å². The summed E-state index contributed by atoms with van der Waals surface area (Å²) in [6.45, 7) is 0. The van der Waals surface area contributed by atoms with Crippen LogP contribution in [-0.2, 0) is 16.0 Å². The second-order valence-electron chi connectivity index (χ2n) is 5.56. The molecule has 0 spiro atoms. The zero-order chi connectivity index (χ0) is 18.5. The molecule has 1 aromatic heterocycles. The zero-order valence-corrected chi connectivity index (χ0v) is 14.1. The molecule has 0 aliphatic heterocycles. The second-order valence-corrected chi connectivity index (χ2v) is 5.56. The molecule has 132 valence electrons. The van der Waals surface area contributed by atoms with E-state index in [-0.39, 0.29) is 24.2 Å². The van der Waals surface area contributed by atoms with Crippen molar-refractivity contribution in [3.8, 4) is 5.75 Å². The Morgan fingerprint density at radius 2 is 1.77 bits per heavy atom. The summed E-state index contributed by atoms with van der Waals surface area (Å²) in [5.74, 6) is -1.03. The molecule has 3 aromatic rings. The molecule has 2 aromatic carbocycles. The van der Waals surface area contributed by atoms with Crippen molar-refractivity contribution >= 4 is 22.9 Å². The van der Waals surface area contributed by atoms with Gasteiger partial charge in [-0.3, -0.25) is 4.79 Å². The van der Waals surface area contributed by atoms with Crippen molar-refractivity contribution in [3.05, 3.63) is 76.1 Å². The van der Waals surface area contributed by atoms with E-state index in [1.165, 1.54) is 19.2 Å². The average Bonchev–Trinajstić information content (AvgIpc) is 2.66. The maximum atomic E-state index is 12.1. The van der Waals surface area contributed by atoms with Crippen LogP contribution >= 0.6 is 0 Å². The molecule has 26 heavy (non-hydrogen) atoms. The summed E-state index contributed by atoms with van der Waals surface area (Å²) in [7, 11) is 1.25. The minimum absolute atomic E-state index is 0.0292. The largest absolute Gasteiger partial charge is 0.465 e. The molecule has 0 N–H and O–H groups in total. The molecule has 6 heteroatoms. The summed E-state index contributed by atoms with van der Waals surface area (Å²) in [6, 6.07) is 15.2. The van der Waals surface area contributed by atoms with Gasteiger partial charge in [-0.2, -0.15) is 0 Å². The highest BCUT2D eigenvalue weighted by Crippen LogP contribution is 2.20. The second kappa shape index (κ2) is 7.65. The minimum atomic E-state index is -0.594. The Labute approximate surface area is 149 Å². The summed E-state index contributed by atoms with van der Waals surface area (Å²) in [5.41, 5.74) is 0.567. The van der Waals surface area contributed by atoms with Gasteiger partial charge in [0.05, 0.1) is 13.5 Å². The summed E-state index contributed by atoms with van der Waals surface area (Å²) in [4.78, 5) is 35.8. The van der Waals surface area contributed by atoms with Crippen LogP contribution in [0.15, 0.2) is 63.8 Å². The Kier molecular flexibility index (Phi) is 5.12. The molecular weight excluding hydrogens is 336 g/mol. The smallest absolute Gasteiger partial charge is 0.341 e. The number of hydrogen-bond donors (Lipinski definition) is 0. The third-order valence-electron chi connectivity index (χ3n) is 3.83. The third-order valence-corrected chi connectivity index (χ3v) is 3.83. The first-order valence-corrected chi connectivity index (χ1v) is 7.98. The maximum Gasteiger partial charge on any atom is 0.341 e. The minimum Gasteiger partial charge on any atom is -0.465 e. The predicted octanol–water partition coefficient (Wildman–Crippen LogP) is 3.12. The van der Waals surface area contributed by atoms with Crippen molar-refractivity contribution in [2.75, 3.05) is 7.11 Å². The summed E-state index contributed by atoms with van der Waals surface area (Å²) in [5, 5.41) is 0.784. The molecule has 6 nitrogen and oxygen atoms in total. The fourth-order valence-corrected chi connectivity index (χ4v) is 2.52. The van der Waals surface area contributed by atoms with Gasteiger partial charge in [-0.05, 0) is 30.7 Å². The number of carbonyl (C=O) groups is 2. The fraction of sp³-hybridized carbons (Fsp3) is 0.150. The standard InChI is InChI=1S/C20H16O6/c1-24-20(23)15-7-3-5-9-17(15)25-18(21)11-10-14-12-13-6-2-4-8-16(13)26-19(14)22/h2-9,12H,10-11H2,1H3. The van der Waals surface area contributed by atoms with Crippen molar-refractivity contribution in [2.45, 2.75) is 12.8 Å². The van der Waals surface area contributed by atoms with Gasteiger partial charge in [0, 0.05) is 10.9 Å². The van der Waals surface area contributed by atoms with Gasteiger partial charge in [-0.1, -0.05) is 30.3 Å². The van der Waals surface area contributed by atoms with Gasteiger partial charge in [-0.15, -0.1) is 0 Å².